The minimum absolute atomic E-state index is 0.0831. The number of likely N-dealkylation sites (tertiary alicyclic amines) is 1. The second-order valence-corrected chi connectivity index (χ2v) is 6.69. The minimum Gasteiger partial charge on any atom is -0.497 e. The summed E-state index contributed by atoms with van der Waals surface area (Å²) in [5, 5.41) is 0. The SMILES string of the molecule is COCCC1COC2(C1)CN(C(=O)c1ccc(OC)cc1C)C2. The van der Waals surface area contributed by atoms with E-state index in [2.05, 4.69) is 0 Å². The van der Waals surface area contributed by atoms with E-state index in [9.17, 15) is 4.79 Å². The molecule has 126 valence electrons. The zero-order valence-corrected chi connectivity index (χ0v) is 14.1. The molecule has 3 rings (SSSR count). The van der Waals surface area contributed by atoms with Crippen LogP contribution in [0.25, 0.3) is 0 Å². The molecule has 1 unspecified atom stereocenters. The van der Waals surface area contributed by atoms with E-state index >= 15 is 0 Å². The lowest BCUT2D eigenvalue weighted by Crippen LogP contribution is -2.63. The largest absolute Gasteiger partial charge is 0.497 e. The fraction of sp³-hybridized carbons (Fsp3) is 0.611. The summed E-state index contributed by atoms with van der Waals surface area (Å²) in [6.07, 6.45) is 2.06. The summed E-state index contributed by atoms with van der Waals surface area (Å²) in [7, 11) is 3.36. The monoisotopic (exact) mass is 319 g/mol. The Morgan fingerprint density at radius 1 is 1.39 bits per heavy atom. The van der Waals surface area contributed by atoms with Gasteiger partial charge in [-0.2, -0.15) is 0 Å². The molecule has 0 aromatic heterocycles. The maximum atomic E-state index is 12.7. The molecule has 0 radical (unpaired) electrons. The van der Waals surface area contributed by atoms with E-state index < -0.39 is 0 Å². The molecule has 1 aromatic carbocycles. The molecule has 1 atom stereocenters. The molecule has 1 amide bonds. The van der Waals surface area contributed by atoms with Gasteiger partial charge in [0.2, 0.25) is 0 Å². The van der Waals surface area contributed by atoms with Crippen LogP contribution >= 0.6 is 0 Å². The van der Waals surface area contributed by atoms with Gasteiger partial charge in [0.05, 0.1) is 26.8 Å². The van der Waals surface area contributed by atoms with Gasteiger partial charge < -0.3 is 19.1 Å². The summed E-state index contributed by atoms with van der Waals surface area (Å²) >= 11 is 0. The van der Waals surface area contributed by atoms with E-state index in [1.54, 1.807) is 14.2 Å². The van der Waals surface area contributed by atoms with Crippen molar-refractivity contribution in [3.8, 4) is 5.75 Å². The van der Waals surface area contributed by atoms with E-state index in [-0.39, 0.29) is 11.5 Å². The van der Waals surface area contributed by atoms with Crippen LogP contribution in [0.4, 0.5) is 0 Å². The van der Waals surface area contributed by atoms with Gasteiger partial charge in [0.15, 0.2) is 0 Å². The Bertz CT molecular complexity index is 580. The van der Waals surface area contributed by atoms with Crippen LogP contribution in [0.1, 0.15) is 28.8 Å². The van der Waals surface area contributed by atoms with Crippen molar-refractivity contribution in [2.75, 3.05) is 40.5 Å². The first-order chi connectivity index (χ1) is 11.1. The Hall–Kier alpha value is -1.59. The zero-order chi connectivity index (χ0) is 16.4. The van der Waals surface area contributed by atoms with Crippen LogP contribution in [0.2, 0.25) is 0 Å². The number of hydrogen-bond donors (Lipinski definition) is 0. The van der Waals surface area contributed by atoms with E-state index in [0.717, 1.165) is 42.9 Å². The summed E-state index contributed by atoms with van der Waals surface area (Å²) in [5.74, 6) is 1.41. The second kappa shape index (κ2) is 6.49. The molecule has 23 heavy (non-hydrogen) atoms. The maximum Gasteiger partial charge on any atom is 0.254 e. The first-order valence-corrected chi connectivity index (χ1v) is 8.14. The summed E-state index contributed by atoms with van der Waals surface area (Å²) in [5.41, 5.74) is 1.57. The summed E-state index contributed by atoms with van der Waals surface area (Å²) in [6.45, 7) is 4.89. The molecule has 2 aliphatic rings. The third-order valence-electron chi connectivity index (χ3n) is 4.93. The Labute approximate surface area is 137 Å². The third kappa shape index (κ3) is 3.21. The molecule has 0 bridgehead atoms. The lowest BCUT2D eigenvalue weighted by molar-refractivity contribution is -0.0950. The summed E-state index contributed by atoms with van der Waals surface area (Å²) < 4.78 is 16.3. The number of methoxy groups -OCH3 is 2. The molecule has 5 nitrogen and oxygen atoms in total. The molecule has 2 aliphatic heterocycles. The Balaban J connectivity index is 1.58. The number of carbonyl (C=O) groups is 1. The molecule has 0 N–H and O–H groups in total. The van der Waals surface area contributed by atoms with Crippen LogP contribution in [0, 0.1) is 12.8 Å². The van der Waals surface area contributed by atoms with Crippen molar-refractivity contribution in [3.05, 3.63) is 29.3 Å². The highest BCUT2D eigenvalue weighted by Gasteiger charge is 2.51. The highest BCUT2D eigenvalue weighted by Crippen LogP contribution is 2.39. The standard InChI is InChI=1S/C18H25NO4/c1-13-8-15(22-3)4-5-16(13)17(20)19-11-18(12-19)9-14(10-23-18)6-7-21-2/h4-5,8,14H,6-7,9-12H2,1-3H3. The quantitative estimate of drug-likeness (QED) is 0.835. The van der Waals surface area contributed by atoms with Crippen molar-refractivity contribution in [3.63, 3.8) is 0 Å². The highest BCUT2D eigenvalue weighted by atomic mass is 16.5. The maximum absolute atomic E-state index is 12.7. The van der Waals surface area contributed by atoms with Gasteiger partial charge >= 0.3 is 0 Å². The Kier molecular flexibility index (Phi) is 4.60. The Morgan fingerprint density at radius 2 is 2.17 bits per heavy atom. The predicted octanol–water partition coefficient (Wildman–Crippen LogP) is 2.27. The predicted molar refractivity (Wildman–Crippen MR) is 86.9 cm³/mol. The van der Waals surface area contributed by atoms with Crippen molar-refractivity contribution in [1.29, 1.82) is 0 Å². The van der Waals surface area contributed by atoms with E-state index in [0.29, 0.717) is 19.0 Å². The molecule has 2 heterocycles. The molecule has 0 saturated carbocycles. The molecular formula is C18H25NO4. The van der Waals surface area contributed by atoms with E-state index in [4.69, 9.17) is 14.2 Å². The molecule has 1 spiro atoms. The zero-order valence-electron chi connectivity index (χ0n) is 14.1. The molecule has 2 saturated heterocycles. The van der Waals surface area contributed by atoms with Crippen LogP contribution in [-0.4, -0.2) is 56.9 Å². The average Bonchev–Trinajstić information content (AvgIpc) is 2.95. The van der Waals surface area contributed by atoms with E-state index in [1.165, 1.54) is 0 Å². The van der Waals surface area contributed by atoms with Gasteiger partial charge in [-0.05, 0) is 49.4 Å². The third-order valence-corrected chi connectivity index (χ3v) is 4.93. The fourth-order valence-electron chi connectivity index (χ4n) is 3.60. The number of nitrogens with zero attached hydrogens (tertiary/aromatic N) is 1. The van der Waals surface area contributed by atoms with Gasteiger partial charge in [-0.1, -0.05) is 0 Å². The lowest BCUT2D eigenvalue weighted by atomic mass is 9.85. The molecular weight excluding hydrogens is 294 g/mol. The van der Waals surface area contributed by atoms with Gasteiger partial charge in [-0.25, -0.2) is 0 Å². The fourth-order valence-corrected chi connectivity index (χ4v) is 3.60. The average molecular weight is 319 g/mol. The normalized spacial score (nSPS) is 22.2. The minimum atomic E-state index is -0.117. The number of rotatable bonds is 5. The molecule has 1 aromatic rings. The topological polar surface area (TPSA) is 48.0 Å². The summed E-state index contributed by atoms with van der Waals surface area (Å²) in [6, 6.07) is 5.58. The van der Waals surface area contributed by atoms with Crippen LogP contribution in [0.3, 0.4) is 0 Å². The van der Waals surface area contributed by atoms with Crippen molar-refractivity contribution in [2.45, 2.75) is 25.4 Å². The van der Waals surface area contributed by atoms with Crippen molar-refractivity contribution in [1.82, 2.24) is 4.90 Å². The molecule has 0 aliphatic carbocycles. The number of hydrogen-bond acceptors (Lipinski definition) is 4. The lowest BCUT2D eigenvalue weighted by Gasteiger charge is -2.47. The van der Waals surface area contributed by atoms with Crippen molar-refractivity contribution < 1.29 is 19.0 Å². The smallest absolute Gasteiger partial charge is 0.254 e. The highest BCUT2D eigenvalue weighted by molar-refractivity contribution is 5.96. The van der Waals surface area contributed by atoms with Crippen LogP contribution in [0.5, 0.6) is 5.75 Å². The van der Waals surface area contributed by atoms with Crippen LogP contribution in [0.15, 0.2) is 18.2 Å². The van der Waals surface area contributed by atoms with Crippen molar-refractivity contribution >= 4 is 5.91 Å². The number of amides is 1. The first kappa shape index (κ1) is 16.3. The van der Waals surface area contributed by atoms with Gasteiger partial charge in [0, 0.05) is 19.3 Å². The summed E-state index contributed by atoms with van der Waals surface area (Å²) in [4.78, 5) is 14.5. The Morgan fingerprint density at radius 3 is 2.83 bits per heavy atom. The number of benzene rings is 1. The second-order valence-electron chi connectivity index (χ2n) is 6.69. The van der Waals surface area contributed by atoms with Crippen LogP contribution < -0.4 is 4.74 Å². The van der Waals surface area contributed by atoms with Gasteiger partial charge in [-0.3, -0.25) is 4.79 Å². The first-order valence-electron chi connectivity index (χ1n) is 8.14. The van der Waals surface area contributed by atoms with Gasteiger partial charge in [-0.15, -0.1) is 0 Å². The van der Waals surface area contributed by atoms with Gasteiger partial charge in [0.25, 0.3) is 5.91 Å². The van der Waals surface area contributed by atoms with Gasteiger partial charge in [0.1, 0.15) is 11.4 Å². The van der Waals surface area contributed by atoms with E-state index in [1.807, 2.05) is 30.0 Å². The number of ether oxygens (including phenoxy) is 3. The van der Waals surface area contributed by atoms with Crippen LogP contribution in [-0.2, 0) is 9.47 Å². The van der Waals surface area contributed by atoms with Crippen molar-refractivity contribution in [2.24, 2.45) is 5.92 Å². The number of carbonyl (C=O) groups excluding carboxylic acids is 1. The molecule has 2 fully saturated rings. The number of aryl methyl sites for hydroxylation is 1. The molecule has 5 heteroatoms.